The predicted octanol–water partition coefficient (Wildman–Crippen LogP) is 1.93. The monoisotopic (exact) mass is 192 g/mol. The van der Waals surface area contributed by atoms with Gasteiger partial charge in [-0.2, -0.15) is 0 Å². The molecule has 0 fully saturated rings. The molecule has 3 heteroatoms. The summed E-state index contributed by atoms with van der Waals surface area (Å²) in [5.74, 6) is 0.648. The second-order valence-electron chi connectivity index (χ2n) is 3.17. The summed E-state index contributed by atoms with van der Waals surface area (Å²) in [4.78, 5) is 4.15. The molecular weight excluding hydrogens is 176 g/mol. The van der Waals surface area contributed by atoms with Gasteiger partial charge in [0.1, 0.15) is 0 Å². The van der Waals surface area contributed by atoms with Gasteiger partial charge < -0.3 is 10.1 Å². The van der Waals surface area contributed by atoms with Crippen LogP contribution in [0.5, 0.6) is 5.88 Å². The molecule has 76 valence electrons. The molecular formula is C11H16N2O. The van der Waals surface area contributed by atoms with Gasteiger partial charge in [0, 0.05) is 11.8 Å². The number of aromatic nitrogens is 1. The van der Waals surface area contributed by atoms with Crippen LogP contribution in [0.3, 0.4) is 0 Å². The van der Waals surface area contributed by atoms with E-state index in [2.05, 4.69) is 16.9 Å². The van der Waals surface area contributed by atoms with Crippen molar-refractivity contribution >= 4 is 0 Å². The maximum Gasteiger partial charge on any atom is 0.218 e. The quantitative estimate of drug-likeness (QED) is 0.740. The number of nitrogens with zero attached hydrogens (tertiary/aromatic N) is 1. The highest BCUT2D eigenvalue weighted by Crippen LogP contribution is 2.26. The van der Waals surface area contributed by atoms with Crippen molar-refractivity contribution in [1.29, 1.82) is 0 Å². The molecule has 0 aromatic carbocycles. The summed E-state index contributed by atoms with van der Waals surface area (Å²) in [5.41, 5.74) is 2.06. The predicted molar refractivity (Wildman–Crippen MR) is 57.4 cm³/mol. The Hall–Kier alpha value is -1.35. The molecule has 1 aromatic heterocycles. The fourth-order valence-electron chi connectivity index (χ4n) is 1.46. The molecule has 0 aliphatic rings. The second-order valence-corrected chi connectivity index (χ2v) is 3.17. The molecule has 14 heavy (non-hydrogen) atoms. The van der Waals surface area contributed by atoms with E-state index in [4.69, 9.17) is 4.74 Å². The van der Waals surface area contributed by atoms with E-state index >= 15 is 0 Å². The number of pyridine rings is 1. The molecule has 0 radical (unpaired) electrons. The Labute approximate surface area is 84.8 Å². The summed E-state index contributed by atoms with van der Waals surface area (Å²) < 4.78 is 5.19. The molecule has 1 heterocycles. The van der Waals surface area contributed by atoms with Crippen molar-refractivity contribution in [2.24, 2.45) is 0 Å². The van der Waals surface area contributed by atoms with E-state index in [-0.39, 0.29) is 6.04 Å². The number of rotatable bonds is 4. The van der Waals surface area contributed by atoms with Gasteiger partial charge >= 0.3 is 0 Å². The number of nitrogens with one attached hydrogen (secondary N) is 1. The topological polar surface area (TPSA) is 34.2 Å². The van der Waals surface area contributed by atoms with E-state index in [1.165, 1.54) is 0 Å². The molecule has 0 aliphatic carbocycles. The van der Waals surface area contributed by atoms with Gasteiger partial charge in [0.25, 0.3) is 0 Å². The minimum atomic E-state index is 0.0960. The summed E-state index contributed by atoms with van der Waals surface area (Å²) in [6.07, 6.45) is 1.72. The molecule has 1 N–H and O–H groups in total. The van der Waals surface area contributed by atoms with Crippen molar-refractivity contribution in [3.05, 3.63) is 36.0 Å². The maximum atomic E-state index is 5.19. The smallest absolute Gasteiger partial charge is 0.218 e. The Morgan fingerprint density at radius 1 is 1.64 bits per heavy atom. The molecule has 1 aromatic rings. The van der Waals surface area contributed by atoms with Gasteiger partial charge in [-0.1, -0.05) is 18.2 Å². The lowest BCUT2D eigenvalue weighted by atomic mass is 10.0. The highest BCUT2D eigenvalue weighted by atomic mass is 16.5. The van der Waals surface area contributed by atoms with E-state index < -0.39 is 0 Å². The first kappa shape index (κ1) is 10.7. The van der Waals surface area contributed by atoms with Crippen LogP contribution in [-0.2, 0) is 0 Å². The second kappa shape index (κ2) is 4.77. The molecule has 0 saturated heterocycles. The van der Waals surface area contributed by atoms with Gasteiger partial charge in [-0.25, -0.2) is 4.98 Å². The average Bonchev–Trinajstić information content (AvgIpc) is 2.19. The zero-order chi connectivity index (χ0) is 10.6. The largest absolute Gasteiger partial charge is 0.481 e. The van der Waals surface area contributed by atoms with Gasteiger partial charge in [-0.15, -0.1) is 0 Å². The van der Waals surface area contributed by atoms with Crippen LogP contribution in [0.1, 0.15) is 18.5 Å². The SMILES string of the molecule is C=C(C)C(NC)c1cccnc1OC. The fraction of sp³-hybridized carbons (Fsp3) is 0.364. The third kappa shape index (κ3) is 2.12. The lowest BCUT2D eigenvalue weighted by Crippen LogP contribution is -2.18. The van der Waals surface area contributed by atoms with Gasteiger partial charge in [0.15, 0.2) is 0 Å². The van der Waals surface area contributed by atoms with Crippen molar-refractivity contribution < 1.29 is 4.74 Å². The molecule has 1 atom stereocenters. The minimum absolute atomic E-state index is 0.0960. The van der Waals surface area contributed by atoms with Crippen molar-refractivity contribution in [1.82, 2.24) is 10.3 Å². The van der Waals surface area contributed by atoms with Crippen LogP contribution < -0.4 is 10.1 Å². The van der Waals surface area contributed by atoms with Crippen molar-refractivity contribution in [3.8, 4) is 5.88 Å². The van der Waals surface area contributed by atoms with Crippen LogP contribution in [-0.4, -0.2) is 19.1 Å². The first-order valence-corrected chi connectivity index (χ1v) is 4.52. The van der Waals surface area contributed by atoms with Gasteiger partial charge in [0.05, 0.1) is 13.2 Å². The first-order chi connectivity index (χ1) is 6.70. The Morgan fingerprint density at radius 2 is 2.36 bits per heavy atom. The Kier molecular flexibility index (Phi) is 3.65. The molecule has 0 bridgehead atoms. The van der Waals surface area contributed by atoms with Crippen LogP contribution >= 0.6 is 0 Å². The molecule has 1 rings (SSSR count). The standard InChI is InChI=1S/C11H16N2O/c1-8(2)10(12-3)9-6-5-7-13-11(9)14-4/h5-7,10,12H,1H2,2-4H3. The number of methoxy groups -OCH3 is 1. The van der Waals surface area contributed by atoms with Gasteiger partial charge in [0.2, 0.25) is 5.88 Å². The molecule has 1 unspecified atom stereocenters. The third-order valence-electron chi connectivity index (χ3n) is 2.09. The highest BCUT2D eigenvalue weighted by molar-refractivity contribution is 5.33. The summed E-state index contributed by atoms with van der Waals surface area (Å²) in [7, 11) is 3.52. The number of hydrogen-bond donors (Lipinski definition) is 1. The molecule has 0 aliphatic heterocycles. The van der Waals surface area contributed by atoms with Crippen LogP contribution in [0.2, 0.25) is 0 Å². The summed E-state index contributed by atoms with van der Waals surface area (Å²) in [6.45, 7) is 5.91. The van der Waals surface area contributed by atoms with E-state index in [0.717, 1.165) is 11.1 Å². The normalized spacial score (nSPS) is 12.2. The number of hydrogen-bond acceptors (Lipinski definition) is 3. The number of ether oxygens (including phenoxy) is 1. The van der Waals surface area contributed by atoms with Crippen molar-refractivity contribution in [3.63, 3.8) is 0 Å². The van der Waals surface area contributed by atoms with Crippen LogP contribution in [0, 0.1) is 0 Å². The van der Waals surface area contributed by atoms with E-state index in [1.807, 2.05) is 26.1 Å². The van der Waals surface area contributed by atoms with Crippen molar-refractivity contribution in [2.75, 3.05) is 14.2 Å². The molecule has 0 spiro atoms. The van der Waals surface area contributed by atoms with Crippen LogP contribution in [0.4, 0.5) is 0 Å². The summed E-state index contributed by atoms with van der Waals surface area (Å²) in [6, 6.07) is 3.98. The lowest BCUT2D eigenvalue weighted by molar-refractivity contribution is 0.388. The third-order valence-corrected chi connectivity index (χ3v) is 2.09. The first-order valence-electron chi connectivity index (χ1n) is 4.52. The molecule has 0 amide bonds. The van der Waals surface area contributed by atoms with Crippen molar-refractivity contribution in [2.45, 2.75) is 13.0 Å². The van der Waals surface area contributed by atoms with Crippen LogP contribution in [0.15, 0.2) is 30.5 Å². The fourth-order valence-corrected chi connectivity index (χ4v) is 1.46. The number of likely N-dealkylation sites (N-methyl/N-ethyl adjacent to an activating group) is 1. The Morgan fingerprint density at radius 3 is 2.86 bits per heavy atom. The van der Waals surface area contributed by atoms with Crippen LogP contribution in [0.25, 0.3) is 0 Å². The zero-order valence-corrected chi connectivity index (χ0v) is 8.87. The Balaban J connectivity index is 3.08. The highest BCUT2D eigenvalue weighted by Gasteiger charge is 2.14. The van der Waals surface area contributed by atoms with E-state index in [1.54, 1.807) is 13.3 Å². The summed E-state index contributed by atoms with van der Waals surface area (Å²) >= 11 is 0. The lowest BCUT2D eigenvalue weighted by Gasteiger charge is -2.18. The maximum absolute atomic E-state index is 5.19. The van der Waals surface area contributed by atoms with E-state index in [0.29, 0.717) is 5.88 Å². The zero-order valence-electron chi connectivity index (χ0n) is 8.87. The minimum Gasteiger partial charge on any atom is -0.481 e. The summed E-state index contributed by atoms with van der Waals surface area (Å²) in [5, 5.41) is 3.17. The average molecular weight is 192 g/mol. The Bertz CT molecular complexity index is 323. The van der Waals surface area contributed by atoms with Gasteiger partial charge in [-0.3, -0.25) is 0 Å². The molecule has 3 nitrogen and oxygen atoms in total. The van der Waals surface area contributed by atoms with E-state index in [9.17, 15) is 0 Å². The van der Waals surface area contributed by atoms with Gasteiger partial charge in [-0.05, 0) is 20.0 Å². The molecule has 0 saturated carbocycles.